The summed E-state index contributed by atoms with van der Waals surface area (Å²) in [6, 6.07) is 11.2. The lowest BCUT2D eigenvalue weighted by Crippen LogP contribution is -2.02. The fraction of sp³-hybridized carbons (Fsp3) is 0.375. The standard InChI is InChI=1S/C24H29ClN2O4/c1-4-6-12-29-20-15-21(30-13-7-5-2)19(25)14-18(20)23-22(24(26)31-27-23)16-8-10-17(28-3)11-9-16/h8-11,14-15H,4-7,12-13,26H2,1-3H3. The van der Waals surface area contributed by atoms with Gasteiger partial charge in [0, 0.05) is 11.6 Å². The Morgan fingerprint density at radius 2 is 1.61 bits per heavy atom. The van der Waals surface area contributed by atoms with Gasteiger partial charge in [-0.25, -0.2) is 0 Å². The Morgan fingerprint density at radius 1 is 0.968 bits per heavy atom. The van der Waals surface area contributed by atoms with Gasteiger partial charge in [-0.1, -0.05) is 55.6 Å². The molecule has 7 heteroatoms. The first-order valence-corrected chi connectivity index (χ1v) is 11.0. The molecule has 166 valence electrons. The number of hydrogen-bond acceptors (Lipinski definition) is 6. The molecule has 31 heavy (non-hydrogen) atoms. The summed E-state index contributed by atoms with van der Waals surface area (Å²) < 4.78 is 22.6. The smallest absolute Gasteiger partial charge is 0.230 e. The molecule has 0 bridgehead atoms. The van der Waals surface area contributed by atoms with E-state index >= 15 is 0 Å². The van der Waals surface area contributed by atoms with E-state index in [-0.39, 0.29) is 5.88 Å². The molecule has 3 aromatic rings. The van der Waals surface area contributed by atoms with Crippen molar-refractivity contribution in [3.05, 3.63) is 41.4 Å². The van der Waals surface area contributed by atoms with Crippen LogP contribution in [0.5, 0.6) is 17.2 Å². The third kappa shape index (κ3) is 5.44. The van der Waals surface area contributed by atoms with Crippen molar-refractivity contribution in [2.75, 3.05) is 26.1 Å². The first-order chi connectivity index (χ1) is 15.1. The summed E-state index contributed by atoms with van der Waals surface area (Å²) in [5.74, 6) is 2.19. The molecule has 2 N–H and O–H groups in total. The number of rotatable bonds is 11. The Labute approximate surface area is 188 Å². The summed E-state index contributed by atoms with van der Waals surface area (Å²) in [4.78, 5) is 0. The zero-order chi connectivity index (χ0) is 22.2. The van der Waals surface area contributed by atoms with Gasteiger partial charge in [0.1, 0.15) is 22.9 Å². The zero-order valence-electron chi connectivity index (χ0n) is 18.2. The van der Waals surface area contributed by atoms with Crippen LogP contribution in [0, 0.1) is 0 Å². The van der Waals surface area contributed by atoms with Gasteiger partial charge in [0.15, 0.2) is 0 Å². The number of ether oxygens (including phenoxy) is 3. The van der Waals surface area contributed by atoms with Gasteiger partial charge < -0.3 is 24.5 Å². The average Bonchev–Trinajstić information content (AvgIpc) is 3.17. The Kier molecular flexibility index (Phi) is 8.06. The van der Waals surface area contributed by atoms with E-state index in [4.69, 9.17) is 36.1 Å². The van der Waals surface area contributed by atoms with Crippen molar-refractivity contribution < 1.29 is 18.7 Å². The molecule has 0 aliphatic rings. The summed E-state index contributed by atoms with van der Waals surface area (Å²) in [6.07, 6.45) is 3.95. The summed E-state index contributed by atoms with van der Waals surface area (Å²) in [5.41, 5.74) is 8.95. The van der Waals surface area contributed by atoms with Crippen LogP contribution in [-0.4, -0.2) is 25.5 Å². The number of nitrogens with two attached hydrogens (primary N) is 1. The van der Waals surface area contributed by atoms with Crippen LogP contribution in [0.1, 0.15) is 39.5 Å². The molecule has 0 unspecified atom stereocenters. The molecule has 3 rings (SSSR count). The molecule has 0 saturated carbocycles. The van der Waals surface area contributed by atoms with Crippen molar-refractivity contribution in [1.29, 1.82) is 0 Å². The fourth-order valence-corrected chi connectivity index (χ4v) is 3.34. The van der Waals surface area contributed by atoms with E-state index in [1.54, 1.807) is 13.2 Å². The predicted molar refractivity (Wildman–Crippen MR) is 124 cm³/mol. The summed E-state index contributed by atoms with van der Waals surface area (Å²) in [7, 11) is 1.63. The van der Waals surface area contributed by atoms with Crippen molar-refractivity contribution in [2.45, 2.75) is 39.5 Å². The van der Waals surface area contributed by atoms with E-state index in [0.29, 0.717) is 46.6 Å². The molecule has 2 aromatic carbocycles. The molecular weight excluding hydrogens is 416 g/mol. The van der Waals surface area contributed by atoms with Gasteiger partial charge in [-0.15, -0.1) is 0 Å². The highest BCUT2D eigenvalue weighted by atomic mass is 35.5. The molecule has 0 fully saturated rings. The van der Waals surface area contributed by atoms with E-state index in [2.05, 4.69) is 19.0 Å². The zero-order valence-corrected chi connectivity index (χ0v) is 19.0. The quantitative estimate of drug-likeness (QED) is 0.335. The first-order valence-electron chi connectivity index (χ1n) is 10.6. The second-order valence-corrected chi connectivity index (χ2v) is 7.59. The number of benzene rings is 2. The predicted octanol–water partition coefficient (Wildman–Crippen LogP) is 6.61. The molecule has 0 radical (unpaired) electrons. The van der Waals surface area contributed by atoms with E-state index in [0.717, 1.165) is 37.0 Å². The second kappa shape index (κ2) is 11.0. The lowest BCUT2D eigenvalue weighted by molar-refractivity contribution is 0.295. The van der Waals surface area contributed by atoms with E-state index in [1.165, 1.54) is 0 Å². The molecule has 0 atom stereocenters. The normalized spacial score (nSPS) is 10.8. The highest BCUT2D eigenvalue weighted by Gasteiger charge is 2.23. The maximum atomic E-state index is 6.55. The summed E-state index contributed by atoms with van der Waals surface area (Å²) >= 11 is 6.55. The van der Waals surface area contributed by atoms with Gasteiger partial charge in [-0.2, -0.15) is 0 Å². The molecule has 0 aliphatic heterocycles. The van der Waals surface area contributed by atoms with Gasteiger partial charge in [0.2, 0.25) is 5.88 Å². The Balaban J connectivity index is 2.05. The molecule has 1 aromatic heterocycles. The van der Waals surface area contributed by atoms with Crippen LogP contribution in [0.15, 0.2) is 40.9 Å². The number of anilines is 1. The average molecular weight is 445 g/mol. The lowest BCUT2D eigenvalue weighted by Gasteiger charge is -2.15. The van der Waals surface area contributed by atoms with E-state index < -0.39 is 0 Å². The number of halogens is 1. The monoisotopic (exact) mass is 444 g/mol. The summed E-state index contributed by atoms with van der Waals surface area (Å²) in [5, 5.41) is 4.71. The number of unbranched alkanes of at least 4 members (excludes halogenated alkanes) is 2. The molecule has 0 spiro atoms. The van der Waals surface area contributed by atoms with Crippen LogP contribution < -0.4 is 19.9 Å². The van der Waals surface area contributed by atoms with Crippen LogP contribution in [-0.2, 0) is 0 Å². The highest BCUT2D eigenvalue weighted by Crippen LogP contribution is 2.44. The van der Waals surface area contributed by atoms with Gasteiger partial charge >= 0.3 is 0 Å². The number of aromatic nitrogens is 1. The van der Waals surface area contributed by atoms with Crippen molar-refractivity contribution in [1.82, 2.24) is 5.16 Å². The Bertz CT molecular complexity index is 986. The molecule has 0 saturated heterocycles. The van der Waals surface area contributed by atoms with Gasteiger partial charge in [-0.3, -0.25) is 0 Å². The number of nitrogen functional groups attached to an aromatic ring is 1. The van der Waals surface area contributed by atoms with Crippen molar-refractivity contribution >= 4 is 17.5 Å². The molecule has 1 heterocycles. The van der Waals surface area contributed by atoms with E-state index in [1.807, 2.05) is 30.3 Å². The van der Waals surface area contributed by atoms with Gasteiger partial charge in [0.05, 0.1) is 30.9 Å². The minimum Gasteiger partial charge on any atom is -0.497 e. The topological polar surface area (TPSA) is 79.7 Å². The Morgan fingerprint density at radius 3 is 2.23 bits per heavy atom. The molecular formula is C24H29ClN2O4. The molecule has 0 amide bonds. The van der Waals surface area contributed by atoms with Crippen molar-refractivity contribution in [3.63, 3.8) is 0 Å². The number of hydrogen-bond donors (Lipinski definition) is 1. The Hall–Kier alpha value is -2.86. The SMILES string of the molecule is CCCCOc1cc(OCCCC)c(-c2noc(N)c2-c2ccc(OC)cc2)cc1Cl. The third-order valence-corrected chi connectivity index (χ3v) is 5.19. The summed E-state index contributed by atoms with van der Waals surface area (Å²) in [6.45, 7) is 5.40. The van der Waals surface area contributed by atoms with Crippen LogP contribution in [0.3, 0.4) is 0 Å². The maximum Gasteiger partial charge on any atom is 0.230 e. The molecule has 6 nitrogen and oxygen atoms in total. The van der Waals surface area contributed by atoms with E-state index in [9.17, 15) is 0 Å². The third-order valence-electron chi connectivity index (χ3n) is 4.90. The largest absolute Gasteiger partial charge is 0.497 e. The van der Waals surface area contributed by atoms with Crippen LogP contribution in [0.2, 0.25) is 5.02 Å². The lowest BCUT2D eigenvalue weighted by atomic mass is 10.00. The maximum absolute atomic E-state index is 6.55. The van der Waals surface area contributed by atoms with Crippen molar-refractivity contribution in [3.8, 4) is 39.6 Å². The molecule has 0 aliphatic carbocycles. The van der Waals surface area contributed by atoms with Crippen LogP contribution in [0.25, 0.3) is 22.4 Å². The van der Waals surface area contributed by atoms with Gasteiger partial charge in [0.25, 0.3) is 0 Å². The number of methoxy groups -OCH3 is 1. The van der Waals surface area contributed by atoms with Crippen molar-refractivity contribution in [2.24, 2.45) is 0 Å². The minimum atomic E-state index is 0.221. The minimum absolute atomic E-state index is 0.221. The fourth-order valence-electron chi connectivity index (χ4n) is 3.13. The van der Waals surface area contributed by atoms with Crippen LogP contribution >= 0.6 is 11.6 Å². The van der Waals surface area contributed by atoms with Gasteiger partial charge in [-0.05, 0) is 36.6 Å². The second-order valence-electron chi connectivity index (χ2n) is 7.18. The highest BCUT2D eigenvalue weighted by molar-refractivity contribution is 6.32. The van der Waals surface area contributed by atoms with Crippen LogP contribution in [0.4, 0.5) is 5.88 Å². The number of nitrogens with zero attached hydrogens (tertiary/aromatic N) is 1. The first kappa shape index (κ1) is 22.8.